The van der Waals surface area contributed by atoms with Crippen LogP contribution in [0.2, 0.25) is 0 Å². The van der Waals surface area contributed by atoms with Gasteiger partial charge in [0.15, 0.2) is 0 Å². The Morgan fingerprint density at radius 1 is 1.12 bits per heavy atom. The number of nitrogens with one attached hydrogen (secondary N) is 1. The van der Waals surface area contributed by atoms with Gasteiger partial charge in [-0.2, -0.15) is 5.10 Å². The van der Waals surface area contributed by atoms with Gasteiger partial charge in [0.05, 0.1) is 22.3 Å². The van der Waals surface area contributed by atoms with E-state index in [2.05, 4.69) is 17.1 Å². The molecule has 0 radical (unpaired) electrons. The molecule has 1 heterocycles. The predicted octanol–water partition coefficient (Wildman–Crippen LogP) is 3.98. The number of sulfonamides is 1. The highest BCUT2D eigenvalue weighted by atomic mass is 32.2. The van der Waals surface area contributed by atoms with E-state index >= 15 is 0 Å². The topological polar surface area (TPSA) is 66.1 Å². The number of nitrogens with zero attached hydrogens (tertiary/aromatic N) is 2. The van der Waals surface area contributed by atoms with Gasteiger partial charge in [-0.05, 0) is 48.2 Å². The molecule has 0 aliphatic rings. The van der Waals surface area contributed by atoms with Gasteiger partial charge < -0.3 is 0 Å². The van der Waals surface area contributed by atoms with E-state index in [1.807, 2.05) is 38.1 Å². The smallest absolute Gasteiger partial charge is 0.264 e. The van der Waals surface area contributed by atoms with E-state index in [1.165, 1.54) is 9.87 Å². The van der Waals surface area contributed by atoms with Crippen LogP contribution in [0.4, 0.5) is 5.69 Å². The summed E-state index contributed by atoms with van der Waals surface area (Å²) in [5, 5.41) is 7.59. The van der Waals surface area contributed by atoms with Gasteiger partial charge in [-0.3, -0.25) is 9.40 Å². The summed E-state index contributed by atoms with van der Waals surface area (Å²) in [6.07, 6.45) is 2.56. The quantitative estimate of drug-likeness (QED) is 0.726. The maximum Gasteiger partial charge on any atom is 0.264 e. The standard InChI is InChI=1S/C19H23N3O2S/c1-4-15-5-7-17(8-6-15)22(13-14(2)3)25(23,24)18-9-10-19-16(11-18)12-20-21-19/h5-12,14H,4,13H2,1-3H3,(H,20,21). The summed E-state index contributed by atoms with van der Waals surface area (Å²) in [7, 11) is -3.65. The van der Waals surface area contributed by atoms with Gasteiger partial charge in [0.2, 0.25) is 0 Å². The number of hydrogen-bond donors (Lipinski definition) is 1. The molecule has 3 aromatic rings. The van der Waals surface area contributed by atoms with E-state index in [1.54, 1.807) is 24.4 Å². The minimum Gasteiger partial charge on any atom is -0.278 e. The third kappa shape index (κ3) is 3.54. The van der Waals surface area contributed by atoms with E-state index in [0.717, 1.165) is 17.3 Å². The van der Waals surface area contributed by atoms with Crippen molar-refractivity contribution in [3.05, 3.63) is 54.2 Å². The fourth-order valence-corrected chi connectivity index (χ4v) is 4.44. The highest BCUT2D eigenvalue weighted by molar-refractivity contribution is 7.92. The number of hydrogen-bond acceptors (Lipinski definition) is 3. The second-order valence-corrected chi connectivity index (χ2v) is 8.43. The van der Waals surface area contributed by atoms with Gasteiger partial charge in [0, 0.05) is 11.9 Å². The van der Waals surface area contributed by atoms with Crippen LogP contribution in [0, 0.1) is 5.92 Å². The van der Waals surface area contributed by atoms with Crippen LogP contribution in [-0.2, 0) is 16.4 Å². The minimum absolute atomic E-state index is 0.207. The Morgan fingerprint density at radius 2 is 1.84 bits per heavy atom. The third-order valence-electron chi connectivity index (χ3n) is 4.16. The zero-order valence-electron chi connectivity index (χ0n) is 14.7. The van der Waals surface area contributed by atoms with Crippen LogP contribution in [0.3, 0.4) is 0 Å². The number of aromatic amines is 1. The van der Waals surface area contributed by atoms with Crippen LogP contribution < -0.4 is 4.31 Å². The van der Waals surface area contributed by atoms with Gasteiger partial charge in [-0.1, -0.05) is 32.9 Å². The van der Waals surface area contributed by atoms with Crippen molar-refractivity contribution in [1.82, 2.24) is 10.2 Å². The monoisotopic (exact) mass is 357 g/mol. The maximum atomic E-state index is 13.3. The Labute approximate surface area is 148 Å². The first-order chi connectivity index (χ1) is 11.9. The van der Waals surface area contributed by atoms with E-state index in [4.69, 9.17) is 0 Å². The first kappa shape index (κ1) is 17.5. The zero-order valence-corrected chi connectivity index (χ0v) is 15.5. The first-order valence-corrected chi connectivity index (χ1v) is 9.90. The van der Waals surface area contributed by atoms with Crippen molar-refractivity contribution >= 4 is 26.6 Å². The van der Waals surface area contributed by atoms with Crippen molar-refractivity contribution in [1.29, 1.82) is 0 Å². The number of anilines is 1. The molecular weight excluding hydrogens is 334 g/mol. The molecule has 0 spiro atoms. The van der Waals surface area contributed by atoms with Gasteiger partial charge in [0.1, 0.15) is 0 Å². The molecule has 3 rings (SSSR count). The molecule has 0 aliphatic carbocycles. The van der Waals surface area contributed by atoms with E-state index in [-0.39, 0.29) is 10.8 Å². The van der Waals surface area contributed by atoms with Gasteiger partial charge in [-0.25, -0.2) is 8.42 Å². The van der Waals surface area contributed by atoms with Crippen LogP contribution in [0.15, 0.2) is 53.6 Å². The molecule has 2 aromatic carbocycles. The molecule has 0 fully saturated rings. The summed E-state index contributed by atoms with van der Waals surface area (Å²) in [5.74, 6) is 0.207. The first-order valence-electron chi connectivity index (χ1n) is 8.46. The lowest BCUT2D eigenvalue weighted by Crippen LogP contribution is -2.34. The van der Waals surface area contributed by atoms with E-state index in [0.29, 0.717) is 12.2 Å². The largest absolute Gasteiger partial charge is 0.278 e. The number of H-pyrrole nitrogens is 1. The molecule has 0 amide bonds. The van der Waals surface area contributed by atoms with Crippen molar-refractivity contribution in [3.63, 3.8) is 0 Å². The van der Waals surface area contributed by atoms with Crippen molar-refractivity contribution in [3.8, 4) is 0 Å². The highest BCUT2D eigenvalue weighted by Crippen LogP contribution is 2.27. The van der Waals surface area contributed by atoms with Crippen molar-refractivity contribution in [2.45, 2.75) is 32.1 Å². The molecule has 25 heavy (non-hydrogen) atoms. The second kappa shape index (κ2) is 6.88. The number of aromatic nitrogens is 2. The highest BCUT2D eigenvalue weighted by Gasteiger charge is 2.26. The van der Waals surface area contributed by atoms with Crippen LogP contribution in [-0.4, -0.2) is 25.2 Å². The Balaban J connectivity index is 2.06. The normalized spacial score (nSPS) is 12.0. The molecule has 0 aliphatic heterocycles. The summed E-state index contributed by atoms with van der Waals surface area (Å²) in [6.45, 7) is 6.54. The summed E-state index contributed by atoms with van der Waals surface area (Å²) in [6, 6.07) is 12.8. The average molecular weight is 357 g/mol. The lowest BCUT2D eigenvalue weighted by molar-refractivity contribution is 0.578. The lowest BCUT2D eigenvalue weighted by atomic mass is 10.1. The minimum atomic E-state index is -3.65. The molecule has 0 saturated heterocycles. The van der Waals surface area contributed by atoms with Crippen LogP contribution in [0.1, 0.15) is 26.3 Å². The number of fused-ring (bicyclic) bond motifs is 1. The lowest BCUT2D eigenvalue weighted by Gasteiger charge is -2.26. The summed E-state index contributed by atoms with van der Waals surface area (Å²) < 4.78 is 28.1. The number of rotatable bonds is 6. The molecular formula is C19H23N3O2S. The summed E-state index contributed by atoms with van der Waals surface area (Å²) >= 11 is 0. The second-order valence-electron chi connectivity index (χ2n) is 6.57. The van der Waals surface area contributed by atoms with E-state index in [9.17, 15) is 8.42 Å². The maximum absolute atomic E-state index is 13.3. The van der Waals surface area contributed by atoms with Gasteiger partial charge >= 0.3 is 0 Å². The molecule has 0 bridgehead atoms. The zero-order chi connectivity index (χ0) is 18.0. The average Bonchev–Trinajstić information content (AvgIpc) is 3.07. The Kier molecular flexibility index (Phi) is 4.81. The fraction of sp³-hybridized carbons (Fsp3) is 0.316. The SMILES string of the molecule is CCc1ccc(N(CC(C)C)S(=O)(=O)c2ccc3[nH]ncc3c2)cc1. The van der Waals surface area contributed by atoms with Crippen LogP contribution in [0.25, 0.3) is 10.9 Å². The Hall–Kier alpha value is -2.34. The molecule has 0 unspecified atom stereocenters. The van der Waals surface area contributed by atoms with Crippen LogP contribution >= 0.6 is 0 Å². The van der Waals surface area contributed by atoms with Gasteiger partial charge in [-0.15, -0.1) is 0 Å². The number of aryl methyl sites for hydroxylation is 1. The molecule has 6 heteroatoms. The molecule has 1 N–H and O–H groups in total. The summed E-state index contributed by atoms with van der Waals surface area (Å²) in [5.41, 5.74) is 2.70. The summed E-state index contributed by atoms with van der Waals surface area (Å²) in [4.78, 5) is 0.279. The van der Waals surface area contributed by atoms with Crippen molar-refractivity contribution in [2.75, 3.05) is 10.8 Å². The third-order valence-corrected chi connectivity index (χ3v) is 5.95. The predicted molar refractivity (Wildman–Crippen MR) is 101 cm³/mol. The molecule has 1 aromatic heterocycles. The van der Waals surface area contributed by atoms with Gasteiger partial charge in [0.25, 0.3) is 10.0 Å². The van der Waals surface area contributed by atoms with Crippen LogP contribution in [0.5, 0.6) is 0 Å². The Bertz CT molecular complexity index is 960. The van der Waals surface area contributed by atoms with E-state index < -0.39 is 10.0 Å². The Morgan fingerprint density at radius 3 is 2.48 bits per heavy atom. The molecule has 0 saturated carbocycles. The molecule has 132 valence electrons. The molecule has 5 nitrogen and oxygen atoms in total. The van der Waals surface area contributed by atoms with Crippen molar-refractivity contribution in [2.24, 2.45) is 5.92 Å². The fourth-order valence-electron chi connectivity index (χ4n) is 2.78. The van der Waals surface area contributed by atoms with Crippen molar-refractivity contribution < 1.29 is 8.42 Å². The number of benzene rings is 2. The molecule has 0 atom stereocenters.